The van der Waals surface area contributed by atoms with Crippen LogP contribution in [0.5, 0.6) is 5.75 Å². The van der Waals surface area contributed by atoms with Crippen LogP contribution in [-0.4, -0.2) is 30.2 Å². The topological polar surface area (TPSA) is 67.8 Å². The first kappa shape index (κ1) is 11.9. The molecule has 1 heterocycles. The molecule has 1 atom stereocenters. The number of hydrogen-bond donors (Lipinski definition) is 2. The van der Waals surface area contributed by atoms with Crippen LogP contribution >= 0.6 is 0 Å². The first-order valence-electron chi connectivity index (χ1n) is 5.95. The highest BCUT2D eigenvalue weighted by Gasteiger charge is 2.18. The van der Waals surface area contributed by atoms with Gasteiger partial charge in [0.2, 0.25) is 0 Å². The van der Waals surface area contributed by atoms with Gasteiger partial charge in [-0.15, -0.1) is 0 Å². The Hall–Kier alpha value is -1.55. The molecule has 3 N–H and O–H groups in total. The fourth-order valence-corrected chi connectivity index (χ4v) is 1.87. The Bertz CT molecular complexity index is 387. The van der Waals surface area contributed by atoms with Crippen LogP contribution in [0, 0.1) is 0 Å². The Morgan fingerprint density at radius 3 is 2.82 bits per heavy atom. The van der Waals surface area contributed by atoms with Gasteiger partial charge in [0.05, 0.1) is 6.04 Å². The molecule has 17 heavy (non-hydrogen) atoms. The summed E-state index contributed by atoms with van der Waals surface area (Å²) in [4.78, 5) is 4.52. The number of phenolic OH excluding ortho intramolecular Hbond substituents is 1. The Morgan fingerprint density at radius 1 is 1.35 bits per heavy atom. The lowest BCUT2D eigenvalue weighted by molar-refractivity contribution is 0.308. The van der Waals surface area contributed by atoms with Gasteiger partial charge in [0.1, 0.15) is 12.4 Å². The van der Waals surface area contributed by atoms with Crippen molar-refractivity contribution in [3.63, 3.8) is 0 Å². The number of ether oxygens (including phenoxy) is 1. The van der Waals surface area contributed by atoms with Crippen LogP contribution in [0.1, 0.15) is 18.4 Å². The molecule has 0 saturated carbocycles. The number of aromatic hydroxyl groups is 1. The number of phenols is 1. The van der Waals surface area contributed by atoms with Gasteiger partial charge in [-0.05, 0) is 37.1 Å². The van der Waals surface area contributed by atoms with Crippen molar-refractivity contribution >= 4 is 5.90 Å². The van der Waals surface area contributed by atoms with Gasteiger partial charge >= 0.3 is 0 Å². The molecule has 2 rings (SSSR count). The van der Waals surface area contributed by atoms with E-state index in [0.717, 1.165) is 25.2 Å². The summed E-state index contributed by atoms with van der Waals surface area (Å²) in [6.07, 6.45) is 2.61. The third-order valence-electron chi connectivity index (χ3n) is 2.77. The molecule has 1 aliphatic heterocycles. The molecule has 0 fully saturated rings. The van der Waals surface area contributed by atoms with Gasteiger partial charge < -0.3 is 15.6 Å². The molecule has 0 amide bonds. The average molecular weight is 234 g/mol. The van der Waals surface area contributed by atoms with Gasteiger partial charge in [0.15, 0.2) is 5.90 Å². The van der Waals surface area contributed by atoms with Gasteiger partial charge in [-0.25, -0.2) is 4.99 Å². The van der Waals surface area contributed by atoms with Crippen LogP contribution in [0.25, 0.3) is 0 Å². The summed E-state index contributed by atoms with van der Waals surface area (Å²) in [5.74, 6) is 1.13. The number of hydrogen-bond acceptors (Lipinski definition) is 4. The van der Waals surface area contributed by atoms with E-state index in [0.29, 0.717) is 18.9 Å². The maximum atomic E-state index is 9.19. The molecule has 4 heteroatoms. The summed E-state index contributed by atoms with van der Waals surface area (Å²) < 4.78 is 5.51. The highest BCUT2D eigenvalue weighted by molar-refractivity contribution is 5.77. The molecule has 1 aromatic rings. The predicted octanol–water partition coefficient (Wildman–Crippen LogP) is 1.47. The number of nitrogens with two attached hydrogens (primary N) is 1. The highest BCUT2D eigenvalue weighted by atomic mass is 16.5. The molecular weight excluding hydrogens is 216 g/mol. The molecule has 0 spiro atoms. The Kier molecular flexibility index (Phi) is 3.98. The quantitative estimate of drug-likeness (QED) is 0.810. The fraction of sp³-hybridized carbons (Fsp3) is 0.462. The minimum atomic E-state index is 0.201. The summed E-state index contributed by atoms with van der Waals surface area (Å²) in [5.41, 5.74) is 6.61. The van der Waals surface area contributed by atoms with E-state index in [9.17, 15) is 5.11 Å². The molecule has 0 aromatic heterocycles. The van der Waals surface area contributed by atoms with Crippen LogP contribution in [0.4, 0.5) is 0 Å². The summed E-state index contributed by atoms with van der Waals surface area (Å²) in [6.45, 7) is 1.33. The van der Waals surface area contributed by atoms with Gasteiger partial charge in [-0.1, -0.05) is 12.1 Å². The van der Waals surface area contributed by atoms with E-state index in [1.807, 2.05) is 12.1 Å². The number of aliphatic imine (C=N–C) groups is 1. The van der Waals surface area contributed by atoms with Crippen molar-refractivity contribution in [1.82, 2.24) is 0 Å². The van der Waals surface area contributed by atoms with Crippen LogP contribution in [0.15, 0.2) is 29.3 Å². The van der Waals surface area contributed by atoms with Crippen molar-refractivity contribution < 1.29 is 9.84 Å². The summed E-state index contributed by atoms with van der Waals surface area (Å²) in [6, 6.07) is 7.44. The zero-order valence-electron chi connectivity index (χ0n) is 9.80. The normalized spacial score (nSPS) is 18.9. The zero-order valence-corrected chi connectivity index (χ0v) is 9.80. The second kappa shape index (κ2) is 5.68. The van der Waals surface area contributed by atoms with Crippen molar-refractivity contribution in [3.05, 3.63) is 29.8 Å². The molecule has 0 aliphatic carbocycles. The average Bonchev–Trinajstić information content (AvgIpc) is 2.77. The van der Waals surface area contributed by atoms with Crippen molar-refractivity contribution in [2.75, 3.05) is 13.2 Å². The van der Waals surface area contributed by atoms with Crippen molar-refractivity contribution in [1.29, 1.82) is 0 Å². The van der Waals surface area contributed by atoms with Gasteiger partial charge in [-0.3, -0.25) is 0 Å². The van der Waals surface area contributed by atoms with E-state index in [2.05, 4.69) is 4.99 Å². The monoisotopic (exact) mass is 234 g/mol. The van der Waals surface area contributed by atoms with Crippen LogP contribution in [0.3, 0.4) is 0 Å². The second-order valence-corrected chi connectivity index (χ2v) is 4.25. The minimum Gasteiger partial charge on any atom is -0.508 e. The van der Waals surface area contributed by atoms with Crippen LogP contribution in [-0.2, 0) is 11.2 Å². The molecule has 4 nitrogen and oxygen atoms in total. The fourth-order valence-electron chi connectivity index (χ4n) is 1.87. The van der Waals surface area contributed by atoms with Gasteiger partial charge in [-0.2, -0.15) is 0 Å². The minimum absolute atomic E-state index is 0.201. The van der Waals surface area contributed by atoms with Crippen LogP contribution < -0.4 is 5.73 Å². The third kappa shape index (κ3) is 3.46. The van der Waals surface area contributed by atoms with E-state index in [1.165, 1.54) is 5.56 Å². The summed E-state index contributed by atoms with van der Waals surface area (Å²) in [5, 5.41) is 9.19. The lowest BCUT2D eigenvalue weighted by Gasteiger charge is -2.04. The molecule has 0 radical (unpaired) electrons. The Morgan fingerprint density at radius 2 is 2.12 bits per heavy atom. The predicted molar refractivity (Wildman–Crippen MR) is 67.3 cm³/mol. The number of nitrogens with zero attached hydrogens (tertiary/aromatic N) is 1. The van der Waals surface area contributed by atoms with Crippen LogP contribution in [0.2, 0.25) is 0 Å². The maximum Gasteiger partial charge on any atom is 0.183 e. The standard InChI is InChI=1S/C13H18N2O2/c14-7-1-2-13-15-11(9-17-13)8-10-3-5-12(16)6-4-10/h3-6,11,16H,1-2,7-9,14H2. The Balaban J connectivity index is 1.88. The zero-order chi connectivity index (χ0) is 12.1. The SMILES string of the molecule is NCCCC1=NC(Cc2ccc(O)cc2)CO1. The first-order chi connectivity index (χ1) is 8.28. The van der Waals surface area contributed by atoms with E-state index in [4.69, 9.17) is 10.5 Å². The first-order valence-corrected chi connectivity index (χ1v) is 5.95. The van der Waals surface area contributed by atoms with E-state index in [-0.39, 0.29) is 6.04 Å². The van der Waals surface area contributed by atoms with E-state index in [1.54, 1.807) is 12.1 Å². The number of benzene rings is 1. The van der Waals surface area contributed by atoms with Crippen molar-refractivity contribution in [3.8, 4) is 5.75 Å². The third-order valence-corrected chi connectivity index (χ3v) is 2.77. The van der Waals surface area contributed by atoms with Gasteiger partial charge in [0.25, 0.3) is 0 Å². The van der Waals surface area contributed by atoms with E-state index < -0.39 is 0 Å². The lowest BCUT2D eigenvalue weighted by atomic mass is 10.1. The van der Waals surface area contributed by atoms with Crippen molar-refractivity contribution in [2.45, 2.75) is 25.3 Å². The molecule has 92 valence electrons. The summed E-state index contributed by atoms with van der Waals surface area (Å²) in [7, 11) is 0. The molecule has 0 saturated heterocycles. The van der Waals surface area contributed by atoms with Gasteiger partial charge in [0, 0.05) is 6.42 Å². The molecule has 1 unspecified atom stereocenters. The largest absolute Gasteiger partial charge is 0.508 e. The second-order valence-electron chi connectivity index (χ2n) is 4.25. The molecular formula is C13H18N2O2. The van der Waals surface area contributed by atoms with E-state index >= 15 is 0 Å². The van der Waals surface area contributed by atoms with Crippen molar-refractivity contribution in [2.24, 2.45) is 10.7 Å². The highest BCUT2D eigenvalue weighted by Crippen LogP contribution is 2.16. The molecule has 1 aliphatic rings. The number of rotatable bonds is 5. The Labute approximate surface area is 101 Å². The lowest BCUT2D eigenvalue weighted by Crippen LogP contribution is -2.09. The molecule has 0 bridgehead atoms. The summed E-state index contributed by atoms with van der Waals surface area (Å²) >= 11 is 0. The maximum absolute atomic E-state index is 9.19. The molecule has 1 aromatic carbocycles. The smallest absolute Gasteiger partial charge is 0.183 e.